The third-order valence-corrected chi connectivity index (χ3v) is 6.07. The molecule has 1 aromatic carbocycles. The van der Waals surface area contributed by atoms with Gasteiger partial charge in [0.25, 0.3) is 0 Å². The number of amides is 1. The van der Waals surface area contributed by atoms with Gasteiger partial charge in [0, 0.05) is 31.0 Å². The van der Waals surface area contributed by atoms with E-state index in [1.54, 1.807) is 12.4 Å². The molecule has 0 radical (unpaired) electrons. The van der Waals surface area contributed by atoms with E-state index in [2.05, 4.69) is 41.2 Å². The fraction of sp³-hybridized carbons (Fsp3) is 0.333. The van der Waals surface area contributed by atoms with E-state index in [9.17, 15) is 4.79 Å². The summed E-state index contributed by atoms with van der Waals surface area (Å²) in [6.07, 6.45) is 5.72. The van der Waals surface area contributed by atoms with E-state index in [0.29, 0.717) is 5.75 Å². The summed E-state index contributed by atoms with van der Waals surface area (Å²) < 4.78 is 2.04. The van der Waals surface area contributed by atoms with Crippen LogP contribution in [0.5, 0.6) is 0 Å². The van der Waals surface area contributed by atoms with E-state index in [1.807, 2.05) is 27.7 Å². The van der Waals surface area contributed by atoms with Crippen molar-refractivity contribution in [2.24, 2.45) is 0 Å². The van der Waals surface area contributed by atoms with Crippen molar-refractivity contribution in [2.45, 2.75) is 31.8 Å². The summed E-state index contributed by atoms with van der Waals surface area (Å²) in [7, 11) is 0. The highest BCUT2D eigenvalue weighted by Crippen LogP contribution is 2.30. The van der Waals surface area contributed by atoms with Crippen LogP contribution in [0.25, 0.3) is 17.1 Å². The lowest BCUT2D eigenvalue weighted by Crippen LogP contribution is -2.29. The monoisotopic (exact) mass is 393 g/mol. The Morgan fingerprint density at radius 1 is 1.11 bits per heavy atom. The minimum atomic E-state index is 0.168. The van der Waals surface area contributed by atoms with Crippen molar-refractivity contribution in [3.8, 4) is 17.1 Å². The van der Waals surface area contributed by atoms with Gasteiger partial charge in [0.15, 0.2) is 11.0 Å². The normalized spacial score (nSPS) is 13.9. The zero-order valence-electron chi connectivity index (χ0n) is 16.1. The van der Waals surface area contributed by atoms with Gasteiger partial charge in [-0.2, -0.15) is 0 Å². The van der Waals surface area contributed by atoms with Gasteiger partial charge in [0.05, 0.1) is 11.4 Å². The number of pyridine rings is 1. The Bertz CT molecular complexity index is 980. The van der Waals surface area contributed by atoms with Gasteiger partial charge in [-0.25, -0.2) is 0 Å². The van der Waals surface area contributed by atoms with Crippen molar-refractivity contribution >= 4 is 17.7 Å². The van der Waals surface area contributed by atoms with Gasteiger partial charge >= 0.3 is 0 Å². The number of likely N-dealkylation sites (tertiary alicyclic amines) is 1. The number of benzene rings is 1. The Morgan fingerprint density at radius 3 is 2.68 bits per heavy atom. The van der Waals surface area contributed by atoms with Crippen LogP contribution in [0.2, 0.25) is 0 Å². The third kappa shape index (κ3) is 3.67. The molecule has 1 aliphatic rings. The molecule has 0 aliphatic carbocycles. The number of hydrogen-bond acceptors (Lipinski definition) is 5. The number of nitrogens with zero attached hydrogens (tertiary/aromatic N) is 5. The van der Waals surface area contributed by atoms with Gasteiger partial charge in [-0.1, -0.05) is 23.9 Å². The number of rotatable bonds is 5. The zero-order valence-corrected chi connectivity index (χ0v) is 16.9. The number of thioether (sulfide) groups is 1. The van der Waals surface area contributed by atoms with Crippen molar-refractivity contribution in [1.82, 2.24) is 24.6 Å². The van der Waals surface area contributed by atoms with Crippen LogP contribution in [0.4, 0.5) is 0 Å². The lowest BCUT2D eigenvalue weighted by atomic mass is 10.1. The summed E-state index contributed by atoms with van der Waals surface area (Å²) in [5.41, 5.74) is 4.29. The molecule has 0 atom stereocenters. The molecule has 0 bridgehead atoms. The molecule has 0 N–H and O–H groups in total. The summed E-state index contributed by atoms with van der Waals surface area (Å²) in [5, 5.41) is 9.57. The van der Waals surface area contributed by atoms with Crippen LogP contribution in [0.1, 0.15) is 24.0 Å². The zero-order chi connectivity index (χ0) is 19.5. The maximum absolute atomic E-state index is 12.5. The molecule has 3 heterocycles. The standard InChI is InChI=1S/C21H23N5OS/c1-15-7-5-9-18(16(15)2)26-20(17-8-6-10-22-13-17)23-24-21(26)28-14-19(27)25-11-3-4-12-25/h5-10,13H,3-4,11-12,14H2,1-2H3. The Morgan fingerprint density at radius 2 is 1.93 bits per heavy atom. The predicted octanol–water partition coefficient (Wildman–Crippen LogP) is 3.66. The van der Waals surface area contributed by atoms with Crippen LogP contribution < -0.4 is 0 Å². The van der Waals surface area contributed by atoms with Crippen molar-refractivity contribution in [2.75, 3.05) is 18.8 Å². The van der Waals surface area contributed by atoms with Gasteiger partial charge in [-0.15, -0.1) is 10.2 Å². The van der Waals surface area contributed by atoms with E-state index in [4.69, 9.17) is 0 Å². The van der Waals surface area contributed by atoms with Gasteiger partial charge in [0.2, 0.25) is 5.91 Å². The van der Waals surface area contributed by atoms with E-state index >= 15 is 0 Å². The smallest absolute Gasteiger partial charge is 0.233 e. The van der Waals surface area contributed by atoms with Gasteiger partial charge in [-0.3, -0.25) is 14.3 Å². The van der Waals surface area contributed by atoms with Gasteiger partial charge < -0.3 is 4.90 Å². The number of carbonyl (C=O) groups is 1. The highest BCUT2D eigenvalue weighted by Gasteiger charge is 2.22. The summed E-state index contributed by atoms with van der Waals surface area (Å²) in [5.74, 6) is 1.27. The fourth-order valence-electron chi connectivity index (χ4n) is 3.42. The second kappa shape index (κ2) is 8.14. The molecule has 7 heteroatoms. The van der Waals surface area contributed by atoms with Crippen LogP contribution in [0.3, 0.4) is 0 Å². The van der Waals surface area contributed by atoms with E-state index in [0.717, 1.165) is 48.2 Å². The van der Waals surface area contributed by atoms with Gasteiger partial charge in [-0.05, 0) is 56.0 Å². The fourth-order valence-corrected chi connectivity index (χ4v) is 4.27. The lowest BCUT2D eigenvalue weighted by molar-refractivity contribution is -0.127. The average Bonchev–Trinajstić information content (AvgIpc) is 3.39. The average molecular weight is 394 g/mol. The Labute approximate surface area is 169 Å². The number of hydrogen-bond donors (Lipinski definition) is 0. The van der Waals surface area contributed by atoms with E-state index in [-0.39, 0.29) is 5.91 Å². The van der Waals surface area contributed by atoms with Crippen LogP contribution in [-0.2, 0) is 4.79 Å². The topological polar surface area (TPSA) is 63.9 Å². The number of aromatic nitrogens is 4. The molecule has 0 saturated carbocycles. The first-order chi connectivity index (χ1) is 13.6. The van der Waals surface area contributed by atoms with Crippen molar-refractivity contribution in [1.29, 1.82) is 0 Å². The molecular weight excluding hydrogens is 370 g/mol. The highest BCUT2D eigenvalue weighted by atomic mass is 32.2. The van der Waals surface area contributed by atoms with Gasteiger partial charge in [0.1, 0.15) is 0 Å². The van der Waals surface area contributed by atoms with Crippen molar-refractivity contribution < 1.29 is 4.79 Å². The quantitative estimate of drug-likeness (QED) is 0.619. The molecule has 144 valence electrons. The second-order valence-corrected chi connectivity index (χ2v) is 7.92. The minimum Gasteiger partial charge on any atom is -0.342 e. The maximum atomic E-state index is 12.5. The van der Waals surface area contributed by atoms with Crippen LogP contribution in [0.15, 0.2) is 47.9 Å². The van der Waals surface area contributed by atoms with Crippen LogP contribution in [-0.4, -0.2) is 49.4 Å². The molecule has 1 saturated heterocycles. The molecule has 6 nitrogen and oxygen atoms in total. The summed E-state index contributed by atoms with van der Waals surface area (Å²) in [6.45, 7) is 5.92. The maximum Gasteiger partial charge on any atom is 0.233 e. The minimum absolute atomic E-state index is 0.168. The second-order valence-electron chi connectivity index (χ2n) is 6.98. The first-order valence-electron chi connectivity index (χ1n) is 9.48. The summed E-state index contributed by atoms with van der Waals surface area (Å²) in [6, 6.07) is 10.1. The largest absolute Gasteiger partial charge is 0.342 e. The summed E-state index contributed by atoms with van der Waals surface area (Å²) in [4.78, 5) is 18.7. The molecule has 2 aromatic heterocycles. The van der Waals surface area contributed by atoms with Crippen molar-refractivity contribution in [3.63, 3.8) is 0 Å². The molecule has 1 fully saturated rings. The number of aryl methyl sites for hydroxylation is 1. The van der Waals surface area contributed by atoms with Crippen LogP contribution in [0, 0.1) is 13.8 Å². The Hall–Kier alpha value is -2.67. The molecule has 1 amide bonds. The molecular formula is C21H23N5OS. The molecule has 0 unspecified atom stereocenters. The third-order valence-electron chi connectivity index (χ3n) is 5.15. The first kappa shape index (κ1) is 18.7. The number of carbonyl (C=O) groups excluding carboxylic acids is 1. The van der Waals surface area contributed by atoms with E-state index < -0.39 is 0 Å². The Balaban J connectivity index is 1.71. The highest BCUT2D eigenvalue weighted by molar-refractivity contribution is 7.99. The predicted molar refractivity (Wildman–Crippen MR) is 111 cm³/mol. The molecule has 1 aliphatic heterocycles. The molecule has 28 heavy (non-hydrogen) atoms. The Kier molecular flexibility index (Phi) is 5.43. The molecule has 4 rings (SSSR count). The first-order valence-corrected chi connectivity index (χ1v) is 10.5. The van der Waals surface area contributed by atoms with E-state index in [1.165, 1.54) is 22.9 Å². The molecule has 0 spiro atoms. The molecule has 3 aromatic rings. The van der Waals surface area contributed by atoms with Crippen LogP contribution >= 0.6 is 11.8 Å². The lowest BCUT2D eigenvalue weighted by Gasteiger charge is -2.16. The van der Waals surface area contributed by atoms with Crippen molar-refractivity contribution in [3.05, 3.63) is 53.9 Å². The summed E-state index contributed by atoms with van der Waals surface area (Å²) >= 11 is 1.44. The SMILES string of the molecule is Cc1cccc(-n2c(SCC(=O)N3CCCC3)nnc2-c2cccnc2)c1C.